The summed E-state index contributed by atoms with van der Waals surface area (Å²) < 4.78 is 5.18. The van der Waals surface area contributed by atoms with Gasteiger partial charge in [0.2, 0.25) is 5.91 Å². The number of ether oxygens (including phenoxy) is 1. The van der Waals surface area contributed by atoms with Crippen molar-refractivity contribution >= 4 is 11.9 Å². The number of aliphatic carboxylic acids is 1. The van der Waals surface area contributed by atoms with Crippen molar-refractivity contribution in [2.45, 2.75) is 37.7 Å². The van der Waals surface area contributed by atoms with Gasteiger partial charge in [0, 0.05) is 39.0 Å². The van der Waals surface area contributed by atoms with Crippen LogP contribution in [0.3, 0.4) is 0 Å². The zero-order valence-corrected chi connectivity index (χ0v) is 11.3. The minimum absolute atomic E-state index is 0.244. The Morgan fingerprint density at radius 2 is 1.79 bits per heavy atom. The quantitative estimate of drug-likeness (QED) is 0.832. The summed E-state index contributed by atoms with van der Waals surface area (Å²) in [5.74, 6) is 0.839. The fraction of sp³-hybridized carbons (Fsp3) is 0.857. The Morgan fingerprint density at radius 1 is 1.21 bits per heavy atom. The summed E-state index contributed by atoms with van der Waals surface area (Å²) in [6, 6.07) is 0. The molecule has 2 atom stereocenters. The van der Waals surface area contributed by atoms with Crippen molar-refractivity contribution in [3.63, 3.8) is 0 Å². The van der Waals surface area contributed by atoms with E-state index in [4.69, 9.17) is 4.74 Å². The van der Waals surface area contributed by atoms with E-state index in [1.165, 1.54) is 26.4 Å². The van der Waals surface area contributed by atoms with Gasteiger partial charge in [0.1, 0.15) is 0 Å². The van der Waals surface area contributed by atoms with Gasteiger partial charge in [-0.15, -0.1) is 0 Å². The van der Waals surface area contributed by atoms with Gasteiger partial charge in [0.25, 0.3) is 0 Å². The average Bonchev–Trinajstić information content (AvgIpc) is 2.90. The van der Waals surface area contributed by atoms with E-state index in [2.05, 4.69) is 0 Å². The van der Waals surface area contributed by atoms with E-state index in [1.54, 1.807) is 0 Å². The summed E-state index contributed by atoms with van der Waals surface area (Å²) in [5.41, 5.74) is -1.09. The highest BCUT2D eigenvalue weighted by molar-refractivity contribution is 5.83. The van der Waals surface area contributed by atoms with Crippen LogP contribution >= 0.6 is 0 Å². The largest absolute Gasteiger partial charge is 0.479 e. The molecule has 0 spiro atoms. The number of hydrogen-bond donors (Lipinski definition) is 1. The second-order valence-corrected chi connectivity index (χ2v) is 6.11. The number of methoxy groups -OCH3 is 1. The Morgan fingerprint density at radius 3 is 2.26 bits per heavy atom. The molecule has 1 heterocycles. The van der Waals surface area contributed by atoms with Gasteiger partial charge in [-0.2, -0.15) is 0 Å². The molecule has 3 rings (SSSR count). The van der Waals surface area contributed by atoms with Gasteiger partial charge in [-0.05, 0) is 24.7 Å². The van der Waals surface area contributed by atoms with E-state index in [9.17, 15) is 14.7 Å². The van der Waals surface area contributed by atoms with Crippen LogP contribution < -0.4 is 0 Å². The van der Waals surface area contributed by atoms with Crippen LogP contribution in [0.4, 0.5) is 0 Å². The first kappa shape index (κ1) is 12.9. The molecule has 3 fully saturated rings. The topological polar surface area (TPSA) is 66.8 Å². The molecule has 19 heavy (non-hydrogen) atoms. The molecule has 5 heteroatoms. The predicted molar refractivity (Wildman–Crippen MR) is 67.5 cm³/mol. The molecule has 5 nitrogen and oxygen atoms in total. The maximum Gasteiger partial charge on any atom is 0.336 e. The average molecular weight is 267 g/mol. The van der Waals surface area contributed by atoms with Crippen molar-refractivity contribution in [3.05, 3.63) is 0 Å². The van der Waals surface area contributed by atoms with Gasteiger partial charge in [0.15, 0.2) is 5.60 Å². The van der Waals surface area contributed by atoms with Gasteiger partial charge in [-0.25, -0.2) is 4.79 Å². The van der Waals surface area contributed by atoms with Crippen LogP contribution in [0.5, 0.6) is 0 Å². The Balaban J connectivity index is 1.58. The lowest BCUT2D eigenvalue weighted by Gasteiger charge is -2.38. The third kappa shape index (κ3) is 1.95. The van der Waals surface area contributed by atoms with Crippen LogP contribution in [-0.4, -0.2) is 47.7 Å². The molecular formula is C14H21NO4. The molecule has 3 aliphatic rings. The first-order valence-electron chi connectivity index (χ1n) is 7.16. The lowest BCUT2D eigenvalue weighted by Crippen LogP contribution is -2.52. The number of hydrogen-bond acceptors (Lipinski definition) is 3. The smallest absolute Gasteiger partial charge is 0.336 e. The Hall–Kier alpha value is -1.10. The third-order valence-corrected chi connectivity index (χ3v) is 5.35. The Labute approximate surface area is 112 Å². The molecule has 0 aromatic carbocycles. The number of rotatable bonds is 3. The summed E-state index contributed by atoms with van der Waals surface area (Å²) in [5, 5.41) is 9.24. The molecule has 1 amide bonds. The molecule has 2 aliphatic carbocycles. The van der Waals surface area contributed by atoms with Crippen molar-refractivity contribution in [1.82, 2.24) is 4.90 Å². The van der Waals surface area contributed by atoms with Crippen molar-refractivity contribution in [3.8, 4) is 0 Å². The molecule has 1 N–H and O–H groups in total. The monoisotopic (exact) mass is 267 g/mol. The van der Waals surface area contributed by atoms with Crippen LogP contribution in [0.15, 0.2) is 0 Å². The molecular weight excluding hydrogens is 246 g/mol. The van der Waals surface area contributed by atoms with Gasteiger partial charge in [-0.3, -0.25) is 4.79 Å². The van der Waals surface area contributed by atoms with Crippen LogP contribution in [0, 0.1) is 17.8 Å². The van der Waals surface area contributed by atoms with Crippen LogP contribution in [0.1, 0.15) is 32.1 Å². The van der Waals surface area contributed by atoms with Crippen molar-refractivity contribution in [2.75, 3.05) is 20.2 Å². The molecule has 0 bridgehead atoms. The zero-order valence-electron chi connectivity index (χ0n) is 11.3. The van der Waals surface area contributed by atoms with E-state index in [-0.39, 0.29) is 11.8 Å². The normalized spacial score (nSPS) is 35.8. The number of likely N-dealkylation sites (tertiary alicyclic amines) is 1. The number of carboxylic acid groups (broad SMARTS) is 1. The molecule has 106 valence electrons. The lowest BCUT2D eigenvalue weighted by molar-refractivity contribution is -0.170. The fourth-order valence-electron chi connectivity index (χ4n) is 3.99. The van der Waals surface area contributed by atoms with Crippen LogP contribution in [0.25, 0.3) is 0 Å². The standard InChI is InChI=1S/C14H21NO4/c1-19-14(13(17)18)5-7-15(8-6-14)12(16)11-9-3-2-4-10(9)11/h9-11H,2-8H2,1H3,(H,17,18). The summed E-state index contributed by atoms with van der Waals surface area (Å²) in [6.07, 6.45) is 4.46. The first-order chi connectivity index (χ1) is 9.09. The Kier molecular flexibility index (Phi) is 3.04. The van der Waals surface area contributed by atoms with Gasteiger partial charge < -0.3 is 14.7 Å². The molecule has 1 saturated heterocycles. The minimum Gasteiger partial charge on any atom is -0.479 e. The number of nitrogens with zero attached hydrogens (tertiary/aromatic N) is 1. The summed E-state index contributed by atoms with van der Waals surface area (Å²) >= 11 is 0. The van der Waals surface area contributed by atoms with Gasteiger partial charge in [0.05, 0.1) is 0 Å². The second kappa shape index (κ2) is 4.47. The summed E-state index contributed by atoms with van der Waals surface area (Å²) in [4.78, 5) is 25.5. The maximum absolute atomic E-state index is 12.4. The highest BCUT2D eigenvalue weighted by Crippen LogP contribution is 2.58. The number of fused-ring (bicyclic) bond motifs is 1. The fourth-order valence-corrected chi connectivity index (χ4v) is 3.99. The zero-order chi connectivity index (χ0) is 13.6. The number of carbonyl (C=O) groups is 2. The van der Waals surface area contributed by atoms with E-state index >= 15 is 0 Å². The second-order valence-electron chi connectivity index (χ2n) is 6.11. The number of carbonyl (C=O) groups excluding carboxylic acids is 1. The molecule has 0 aromatic heterocycles. The lowest BCUT2D eigenvalue weighted by atomic mass is 9.91. The van der Waals surface area contributed by atoms with Crippen molar-refractivity contribution in [2.24, 2.45) is 17.8 Å². The molecule has 0 radical (unpaired) electrons. The van der Waals surface area contributed by atoms with Crippen molar-refractivity contribution in [1.29, 1.82) is 0 Å². The van der Waals surface area contributed by atoms with Crippen LogP contribution in [-0.2, 0) is 14.3 Å². The SMILES string of the molecule is COC1(C(=O)O)CCN(C(=O)C2C3CCCC32)CC1. The number of amides is 1. The Bertz CT molecular complexity index is 390. The highest BCUT2D eigenvalue weighted by Gasteiger charge is 2.58. The van der Waals surface area contributed by atoms with E-state index in [1.807, 2.05) is 4.90 Å². The maximum atomic E-state index is 12.4. The van der Waals surface area contributed by atoms with E-state index in [0.29, 0.717) is 37.8 Å². The van der Waals surface area contributed by atoms with Crippen molar-refractivity contribution < 1.29 is 19.4 Å². The molecule has 2 unspecified atom stereocenters. The summed E-state index contributed by atoms with van der Waals surface area (Å²) in [6.45, 7) is 1.02. The highest BCUT2D eigenvalue weighted by atomic mass is 16.5. The van der Waals surface area contributed by atoms with E-state index < -0.39 is 11.6 Å². The van der Waals surface area contributed by atoms with E-state index in [0.717, 1.165) is 0 Å². The molecule has 2 saturated carbocycles. The number of carboxylic acids is 1. The van der Waals surface area contributed by atoms with Gasteiger partial charge >= 0.3 is 5.97 Å². The number of piperidine rings is 1. The third-order valence-electron chi connectivity index (χ3n) is 5.35. The molecule has 0 aromatic rings. The predicted octanol–water partition coefficient (Wildman–Crippen LogP) is 1.12. The minimum atomic E-state index is -1.09. The first-order valence-corrected chi connectivity index (χ1v) is 7.16. The van der Waals surface area contributed by atoms with Gasteiger partial charge in [-0.1, -0.05) is 6.42 Å². The molecule has 1 aliphatic heterocycles. The summed E-state index contributed by atoms with van der Waals surface area (Å²) in [7, 11) is 1.44. The van der Waals surface area contributed by atoms with Crippen LogP contribution in [0.2, 0.25) is 0 Å².